The summed E-state index contributed by atoms with van der Waals surface area (Å²) in [5, 5.41) is 3.57. The van der Waals surface area contributed by atoms with Crippen molar-refractivity contribution in [3.05, 3.63) is 35.4 Å². The minimum atomic E-state index is 0. The first kappa shape index (κ1) is 21.4. The number of nitrogens with one attached hydrogen (secondary N) is 1. The Morgan fingerprint density at radius 3 is 2.69 bits per heavy atom. The third kappa shape index (κ3) is 6.09. The van der Waals surface area contributed by atoms with Gasteiger partial charge in [0.15, 0.2) is 5.96 Å². The number of fused-ring (bicyclic) bond motifs is 1. The Morgan fingerprint density at radius 1 is 1.08 bits per heavy atom. The molecule has 1 aromatic rings. The van der Waals surface area contributed by atoms with E-state index < -0.39 is 0 Å². The second-order valence-electron chi connectivity index (χ2n) is 7.27. The Bertz CT molecular complexity index is 577. The Kier molecular flexibility index (Phi) is 9.15. The monoisotopic (exact) mass is 471 g/mol. The lowest BCUT2D eigenvalue weighted by atomic mass is 10.0. The molecule has 0 aliphatic carbocycles. The van der Waals surface area contributed by atoms with Crippen LogP contribution < -0.4 is 5.32 Å². The molecule has 0 aromatic heterocycles. The van der Waals surface area contributed by atoms with E-state index >= 15 is 0 Å². The molecule has 0 bridgehead atoms. The summed E-state index contributed by atoms with van der Waals surface area (Å²) in [5.74, 6) is 1.05. The smallest absolute Gasteiger partial charge is 0.193 e. The standard InChI is InChI=1S/C20H33N5.HI/c1-21-20(25-14-9-18-7-3-4-8-19(18)17-25)22-10-5-12-24-13-6-11-23(2)15-16-24;/h3-4,7-8H,5-6,9-17H2,1-2H3,(H,21,22);1H. The van der Waals surface area contributed by atoms with Crippen LogP contribution in [0.25, 0.3) is 0 Å². The molecule has 5 nitrogen and oxygen atoms in total. The molecule has 146 valence electrons. The fourth-order valence-corrected chi connectivity index (χ4v) is 3.84. The van der Waals surface area contributed by atoms with E-state index in [9.17, 15) is 0 Å². The van der Waals surface area contributed by atoms with Crippen LogP contribution in [0.4, 0.5) is 0 Å². The fraction of sp³-hybridized carbons (Fsp3) is 0.650. The Morgan fingerprint density at radius 2 is 1.88 bits per heavy atom. The highest BCUT2D eigenvalue weighted by molar-refractivity contribution is 14.0. The van der Waals surface area contributed by atoms with Crippen molar-refractivity contribution in [1.82, 2.24) is 20.0 Å². The van der Waals surface area contributed by atoms with Gasteiger partial charge in [-0.2, -0.15) is 0 Å². The Labute approximate surface area is 175 Å². The number of halogens is 1. The van der Waals surface area contributed by atoms with Crippen molar-refractivity contribution in [3.63, 3.8) is 0 Å². The van der Waals surface area contributed by atoms with Crippen LogP contribution in [0.2, 0.25) is 0 Å². The van der Waals surface area contributed by atoms with Gasteiger partial charge in [-0.3, -0.25) is 4.99 Å². The van der Waals surface area contributed by atoms with Crippen molar-refractivity contribution in [1.29, 1.82) is 0 Å². The lowest BCUT2D eigenvalue weighted by molar-refractivity contribution is 0.273. The third-order valence-electron chi connectivity index (χ3n) is 5.39. The Hall–Kier alpha value is -0.860. The maximum absolute atomic E-state index is 4.51. The van der Waals surface area contributed by atoms with Crippen LogP contribution in [-0.2, 0) is 13.0 Å². The van der Waals surface area contributed by atoms with E-state index in [0.29, 0.717) is 0 Å². The molecule has 2 aliphatic heterocycles. The molecule has 0 spiro atoms. The van der Waals surface area contributed by atoms with Gasteiger partial charge in [-0.15, -0.1) is 24.0 Å². The summed E-state index contributed by atoms with van der Waals surface area (Å²) >= 11 is 0. The van der Waals surface area contributed by atoms with Gasteiger partial charge in [0, 0.05) is 39.8 Å². The summed E-state index contributed by atoms with van der Waals surface area (Å²) in [6.45, 7) is 9.07. The number of rotatable bonds is 4. The maximum Gasteiger partial charge on any atom is 0.193 e. The first-order valence-electron chi connectivity index (χ1n) is 9.69. The minimum Gasteiger partial charge on any atom is -0.356 e. The topological polar surface area (TPSA) is 34.1 Å². The molecule has 2 aliphatic rings. The maximum atomic E-state index is 4.51. The first-order valence-corrected chi connectivity index (χ1v) is 9.69. The number of hydrogen-bond acceptors (Lipinski definition) is 3. The van der Waals surface area contributed by atoms with Crippen LogP contribution in [-0.4, -0.2) is 80.6 Å². The number of likely N-dealkylation sites (N-methyl/N-ethyl adjacent to an activating group) is 1. The largest absolute Gasteiger partial charge is 0.356 e. The highest BCUT2D eigenvalue weighted by Crippen LogP contribution is 2.18. The fourth-order valence-electron chi connectivity index (χ4n) is 3.84. The molecule has 6 heteroatoms. The molecule has 1 N–H and O–H groups in total. The lowest BCUT2D eigenvalue weighted by Crippen LogP contribution is -2.44. The van der Waals surface area contributed by atoms with E-state index in [2.05, 4.69) is 56.3 Å². The molecular formula is C20H34IN5. The van der Waals surface area contributed by atoms with Gasteiger partial charge in [-0.1, -0.05) is 24.3 Å². The summed E-state index contributed by atoms with van der Waals surface area (Å²) in [6, 6.07) is 8.77. The number of hydrogen-bond donors (Lipinski definition) is 1. The quantitative estimate of drug-likeness (QED) is 0.316. The van der Waals surface area contributed by atoms with Crippen molar-refractivity contribution in [2.45, 2.75) is 25.8 Å². The van der Waals surface area contributed by atoms with Gasteiger partial charge < -0.3 is 20.0 Å². The van der Waals surface area contributed by atoms with E-state index in [4.69, 9.17) is 0 Å². The van der Waals surface area contributed by atoms with Crippen LogP contribution in [0, 0.1) is 0 Å². The molecule has 1 saturated heterocycles. The van der Waals surface area contributed by atoms with Gasteiger partial charge in [-0.25, -0.2) is 0 Å². The van der Waals surface area contributed by atoms with Crippen molar-refractivity contribution in [2.24, 2.45) is 4.99 Å². The molecule has 0 unspecified atom stereocenters. The van der Waals surface area contributed by atoms with Crippen molar-refractivity contribution in [3.8, 4) is 0 Å². The van der Waals surface area contributed by atoms with E-state index in [0.717, 1.165) is 32.0 Å². The third-order valence-corrected chi connectivity index (χ3v) is 5.39. The second kappa shape index (κ2) is 11.1. The van der Waals surface area contributed by atoms with E-state index in [-0.39, 0.29) is 24.0 Å². The van der Waals surface area contributed by atoms with Crippen LogP contribution in [0.1, 0.15) is 24.0 Å². The lowest BCUT2D eigenvalue weighted by Gasteiger charge is -2.31. The molecule has 0 saturated carbocycles. The van der Waals surface area contributed by atoms with Gasteiger partial charge >= 0.3 is 0 Å². The van der Waals surface area contributed by atoms with E-state index in [1.54, 1.807) is 0 Å². The minimum absolute atomic E-state index is 0. The average Bonchev–Trinajstić information content (AvgIpc) is 2.86. The van der Waals surface area contributed by atoms with Gasteiger partial charge in [0.2, 0.25) is 0 Å². The molecule has 2 heterocycles. The number of aliphatic imine (C=N–C) groups is 1. The van der Waals surface area contributed by atoms with Crippen LogP contribution in [0.15, 0.2) is 29.3 Å². The normalized spacial score (nSPS) is 19.5. The molecule has 1 fully saturated rings. The highest BCUT2D eigenvalue weighted by Gasteiger charge is 2.18. The van der Waals surface area contributed by atoms with Gasteiger partial charge in [-0.05, 0) is 57.1 Å². The van der Waals surface area contributed by atoms with Crippen LogP contribution in [0.5, 0.6) is 0 Å². The molecule has 0 atom stereocenters. The highest BCUT2D eigenvalue weighted by atomic mass is 127. The van der Waals surface area contributed by atoms with Gasteiger partial charge in [0.1, 0.15) is 0 Å². The van der Waals surface area contributed by atoms with Crippen molar-refractivity contribution in [2.75, 3.05) is 59.9 Å². The zero-order valence-electron chi connectivity index (χ0n) is 16.3. The molecule has 0 radical (unpaired) electrons. The number of benzene rings is 1. The number of guanidine groups is 1. The average molecular weight is 471 g/mol. The Balaban J connectivity index is 0.00000243. The van der Waals surface area contributed by atoms with Crippen LogP contribution >= 0.6 is 24.0 Å². The SMILES string of the molecule is CN=C(NCCCN1CCCN(C)CC1)N1CCc2ccccc2C1.I. The molecule has 0 amide bonds. The summed E-state index contributed by atoms with van der Waals surface area (Å²) < 4.78 is 0. The first-order chi connectivity index (χ1) is 12.3. The molecule has 1 aromatic carbocycles. The summed E-state index contributed by atoms with van der Waals surface area (Å²) in [4.78, 5) is 11.9. The predicted octanol–water partition coefficient (Wildman–Crippen LogP) is 2.27. The predicted molar refractivity (Wildman–Crippen MR) is 121 cm³/mol. The van der Waals surface area contributed by atoms with E-state index in [1.165, 1.54) is 56.7 Å². The van der Waals surface area contributed by atoms with Gasteiger partial charge in [0.05, 0.1) is 0 Å². The summed E-state index contributed by atoms with van der Waals surface area (Å²) in [6.07, 6.45) is 3.57. The van der Waals surface area contributed by atoms with Crippen LogP contribution in [0.3, 0.4) is 0 Å². The second-order valence-corrected chi connectivity index (χ2v) is 7.27. The molecule has 3 rings (SSSR count). The van der Waals surface area contributed by atoms with Crippen molar-refractivity contribution >= 4 is 29.9 Å². The number of nitrogens with zero attached hydrogens (tertiary/aromatic N) is 4. The molecular weight excluding hydrogens is 437 g/mol. The van der Waals surface area contributed by atoms with E-state index in [1.807, 2.05) is 7.05 Å². The summed E-state index contributed by atoms with van der Waals surface area (Å²) in [5.41, 5.74) is 2.92. The van der Waals surface area contributed by atoms with Crippen molar-refractivity contribution < 1.29 is 0 Å². The van der Waals surface area contributed by atoms with Gasteiger partial charge in [0.25, 0.3) is 0 Å². The zero-order valence-corrected chi connectivity index (χ0v) is 18.6. The molecule has 26 heavy (non-hydrogen) atoms. The zero-order chi connectivity index (χ0) is 17.5. The summed E-state index contributed by atoms with van der Waals surface area (Å²) in [7, 11) is 4.12.